The van der Waals surface area contributed by atoms with E-state index in [0.717, 1.165) is 17.8 Å². The molecule has 17 heavy (non-hydrogen) atoms. The Hall–Kier alpha value is -0.780. The van der Waals surface area contributed by atoms with Crippen LogP contribution < -0.4 is 0 Å². The van der Waals surface area contributed by atoms with Crippen molar-refractivity contribution in [1.29, 1.82) is 0 Å². The molecule has 1 aromatic rings. The summed E-state index contributed by atoms with van der Waals surface area (Å²) in [5, 5.41) is 0. The first-order chi connectivity index (χ1) is 8.13. The highest BCUT2D eigenvalue weighted by molar-refractivity contribution is 5.19. The van der Waals surface area contributed by atoms with Crippen molar-refractivity contribution < 1.29 is 0 Å². The minimum Gasteiger partial charge on any atom is -0.0651 e. The van der Waals surface area contributed by atoms with Gasteiger partial charge in [-0.2, -0.15) is 0 Å². The summed E-state index contributed by atoms with van der Waals surface area (Å²) in [6.45, 7) is 9.33. The van der Waals surface area contributed by atoms with Crippen LogP contribution in [0.15, 0.2) is 30.3 Å². The first-order valence-corrected chi connectivity index (χ1v) is 7.18. The molecule has 0 saturated carbocycles. The van der Waals surface area contributed by atoms with Gasteiger partial charge in [-0.25, -0.2) is 0 Å². The third-order valence-electron chi connectivity index (χ3n) is 3.73. The molecule has 0 spiro atoms. The molecule has 0 bridgehead atoms. The van der Waals surface area contributed by atoms with Crippen molar-refractivity contribution in [2.24, 2.45) is 11.8 Å². The first-order valence-electron chi connectivity index (χ1n) is 7.18. The molecule has 2 atom stereocenters. The smallest absolute Gasteiger partial charge is 0.0159 e. The second-order valence-electron chi connectivity index (χ2n) is 5.83. The van der Waals surface area contributed by atoms with Crippen molar-refractivity contribution in [3.05, 3.63) is 35.9 Å². The molecule has 0 heterocycles. The van der Waals surface area contributed by atoms with Crippen LogP contribution >= 0.6 is 0 Å². The third-order valence-corrected chi connectivity index (χ3v) is 3.73. The maximum absolute atomic E-state index is 2.37. The molecule has 0 aliphatic heterocycles. The zero-order valence-electron chi connectivity index (χ0n) is 11.9. The predicted molar refractivity (Wildman–Crippen MR) is 77.3 cm³/mol. The molecule has 0 heteroatoms. The molecule has 0 saturated heterocycles. The van der Waals surface area contributed by atoms with Crippen LogP contribution in [0.2, 0.25) is 0 Å². The highest BCUT2D eigenvalue weighted by atomic mass is 14.2. The van der Waals surface area contributed by atoms with E-state index < -0.39 is 0 Å². The molecule has 0 aliphatic carbocycles. The summed E-state index contributed by atoms with van der Waals surface area (Å²) < 4.78 is 0. The van der Waals surface area contributed by atoms with Gasteiger partial charge in [-0.3, -0.25) is 0 Å². The Morgan fingerprint density at radius 3 is 2.12 bits per heavy atom. The molecule has 0 aromatic heterocycles. The maximum Gasteiger partial charge on any atom is -0.0159 e. The Kier molecular flexibility index (Phi) is 6.32. The lowest BCUT2D eigenvalue weighted by molar-refractivity contribution is 0.414. The summed E-state index contributed by atoms with van der Waals surface area (Å²) in [6.07, 6.45) is 5.34. The average Bonchev–Trinajstić information content (AvgIpc) is 2.34. The fourth-order valence-electron chi connectivity index (χ4n) is 2.40. The molecule has 0 aliphatic rings. The van der Waals surface area contributed by atoms with E-state index in [2.05, 4.69) is 58.0 Å². The van der Waals surface area contributed by atoms with Gasteiger partial charge in [0.05, 0.1) is 0 Å². The van der Waals surface area contributed by atoms with Gasteiger partial charge < -0.3 is 0 Å². The van der Waals surface area contributed by atoms with E-state index in [0.29, 0.717) is 0 Å². The van der Waals surface area contributed by atoms with E-state index >= 15 is 0 Å². The van der Waals surface area contributed by atoms with Gasteiger partial charge in [-0.15, -0.1) is 0 Å². The van der Waals surface area contributed by atoms with E-state index in [-0.39, 0.29) is 0 Å². The topological polar surface area (TPSA) is 0 Å². The zero-order chi connectivity index (χ0) is 12.7. The summed E-state index contributed by atoms with van der Waals surface area (Å²) in [7, 11) is 0. The van der Waals surface area contributed by atoms with Gasteiger partial charge in [-0.1, -0.05) is 70.9 Å². The minimum absolute atomic E-state index is 0.755. The summed E-state index contributed by atoms with van der Waals surface area (Å²) in [5.41, 5.74) is 1.53. The normalized spacial score (nSPS) is 14.9. The van der Waals surface area contributed by atoms with Crippen LogP contribution in [0.25, 0.3) is 0 Å². The van der Waals surface area contributed by atoms with E-state index in [1.165, 1.54) is 31.2 Å². The Labute approximate surface area is 107 Å². The van der Waals surface area contributed by atoms with Crippen molar-refractivity contribution in [3.8, 4) is 0 Å². The van der Waals surface area contributed by atoms with Crippen molar-refractivity contribution in [1.82, 2.24) is 0 Å². The van der Waals surface area contributed by atoms with E-state index in [1.54, 1.807) is 0 Å². The molecule has 96 valence electrons. The van der Waals surface area contributed by atoms with Gasteiger partial charge >= 0.3 is 0 Å². The fraction of sp³-hybridized carbons (Fsp3) is 0.647. The third kappa shape index (κ3) is 5.39. The molecular weight excluding hydrogens is 204 g/mol. The van der Waals surface area contributed by atoms with Crippen LogP contribution in [0.3, 0.4) is 0 Å². The lowest BCUT2D eigenvalue weighted by Crippen LogP contribution is -2.05. The van der Waals surface area contributed by atoms with Gasteiger partial charge in [0.2, 0.25) is 0 Å². The van der Waals surface area contributed by atoms with Crippen LogP contribution in [0.4, 0.5) is 0 Å². The summed E-state index contributed by atoms with van der Waals surface area (Å²) in [6, 6.07) is 11.1. The Morgan fingerprint density at radius 2 is 1.59 bits per heavy atom. The van der Waals surface area contributed by atoms with Crippen LogP contribution in [-0.4, -0.2) is 0 Å². The number of hydrogen-bond acceptors (Lipinski definition) is 0. The molecule has 0 nitrogen and oxygen atoms in total. The second kappa shape index (κ2) is 7.53. The number of rotatable bonds is 7. The largest absolute Gasteiger partial charge is 0.0651 e. The monoisotopic (exact) mass is 232 g/mol. The summed E-state index contributed by atoms with van der Waals surface area (Å²) in [5.74, 6) is 2.41. The van der Waals surface area contributed by atoms with Crippen LogP contribution in [0.5, 0.6) is 0 Å². The van der Waals surface area contributed by atoms with Crippen LogP contribution in [0.1, 0.15) is 64.9 Å². The lowest BCUT2D eigenvalue weighted by Gasteiger charge is -2.21. The molecule has 2 unspecified atom stereocenters. The van der Waals surface area contributed by atoms with Crippen LogP contribution in [-0.2, 0) is 0 Å². The standard InChI is InChI=1S/C17H28/c1-5-15(4)11-12-17(13-14(2)3)16-9-7-6-8-10-16/h6-10,14-15,17H,5,11-13H2,1-4H3. The van der Waals surface area contributed by atoms with Gasteiger partial charge in [0.15, 0.2) is 0 Å². The van der Waals surface area contributed by atoms with Crippen molar-refractivity contribution in [2.75, 3.05) is 0 Å². The van der Waals surface area contributed by atoms with Crippen molar-refractivity contribution in [3.63, 3.8) is 0 Å². The second-order valence-corrected chi connectivity index (χ2v) is 5.83. The van der Waals surface area contributed by atoms with Crippen LogP contribution in [0, 0.1) is 11.8 Å². The quantitative estimate of drug-likeness (QED) is 0.570. The fourth-order valence-corrected chi connectivity index (χ4v) is 2.40. The van der Waals surface area contributed by atoms with Gasteiger partial charge in [0.1, 0.15) is 0 Å². The predicted octanol–water partition coefficient (Wildman–Crippen LogP) is 5.64. The highest BCUT2D eigenvalue weighted by Gasteiger charge is 2.14. The van der Waals surface area contributed by atoms with Gasteiger partial charge in [-0.05, 0) is 36.2 Å². The highest BCUT2D eigenvalue weighted by Crippen LogP contribution is 2.30. The van der Waals surface area contributed by atoms with Gasteiger partial charge in [0.25, 0.3) is 0 Å². The molecule has 1 aromatic carbocycles. The summed E-state index contributed by atoms with van der Waals surface area (Å²) >= 11 is 0. The Bertz CT molecular complexity index is 286. The molecule has 0 amide bonds. The maximum atomic E-state index is 2.37. The molecule has 0 radical (unpaired) electrons. The Balaban J connectivity index is 2.61. The Morgan fingerprint density at radius 1 is 0.941 bits per heavy atom. The van der Waals surface area contributed by atoms with Gasteiger partial charge in [0, 0.05) is 0 Å². The molecule has 0 fully saturated rings. The molecule has 1 rings (SSSR count). The minimum atomic E-state index is 0.755. The van der Waals surface area contributed by atoms with Crippen molar-refractivity contribution >= 4 is 0 Å². The van der Waals surface area contributed by atoms with Crippen molar-refractivity contribution in [2.45, 2.75) is 59.3 Å². The van der Waals surface area contributed by atoms with E-state index in [4.69, 9.17) is 0 Å². The molecule has 0 N–H and O–H groups in total. The van der Waals surface area contributed by atoms with E-state index in [9.17, 15) is 0 Å². The average molecular weight is 232 g/mol. The van der Waals surface area contributed by atoms with E-state index in [1.807, 2.05) is 0 Å². The SMILES string of the molecule is CCC(C)CCC(CC(C)C)c1ccccc1. The summed E-state index contributed by atoms with van der Waals surface area (Å²) in [4.78, 5) is 0. The first kappa shape index (κ1) is 14.3. The molecular formula is C17H28. The number of hydrogen-bond donors (Lipinski definition) is 0. The zero-order valence-corrected chi connectivity index (χ0v) is 11.9. The lowest BCUT2D eigenvalue weighted by atomic mass is 9.84. The number of benzene rings is 1.